The summed E-state index contributed by atoms with van der Waals surface area (Å²) in [6, 6.07) is 4.24. The van der Waals surface area contributed by atoms with Crippen LogP contribution in [0.2, 0.25) is 5.02 Å². The van der Waals surface area contributed by atoms with Crippen molar-refractivity contribution in [1.82, 2.24) is 9.78 Å². The van der Waals surface area contributed by atoms with Crippen LogP contribution in [0.4, 0.5) is 5.69 Å². The summed E-state index contributed by atoms with van der Waals surface area (Å²) in [4.78, 5) is 10.0. The molecule has 7 heteroatoms. The van der Waals surface area contributed by atoms with Crippen LogP contribution in [-0.2, 0) is 0 Å². The Bertz CT molecular complexity index is 555. The molecule has 0 aliphatic carbocycles. The minimum absolute atomic E-state index is 0.0417. The molecule has 0 atom stereocenters. The third kappa shape index (κ3) is 2.07. The highest BCUT2D eigenvalue weighted by Crippen LogP contribution is 2.25. The number of rotatable bonds is 2. The second-order valence-corrected chi connectivity index (χ2v) is 4.32. The topological polar surface area (TPSA) is 61.0 Å². The van der Waals surface area contributed by atoms with Crippen LogP contribution in [0.15, 0.2) is 35.1 Å². The van der Waals surface area contributed by atoms with Gasteiger partial charge in [-0.2, -0.15) is 5.10 Å². The molecule has 0 radical (unpaired) electrons. The molecule has 16 heavy (non-hydrogen) atoms. The van der Waals surface area contributed by atoms with E-state index >= 15 is 0 Å². The predicted molar refractivity (Wildman–Crippen MR) is 62.9 cm³/mol. The lowest BCUT2D eigenvalue weighted by atomic mass is 10.3. The fraction of sp³-hybridized carbons (Fsp3) is 0. The first-order valence-electron chi connectivity index (χ1n) is 4.22. The van der Waals surface area contributed by atoms with Gasteiger partial charge < -0.3 is 0 Å². The summed E-state index contributed by atoms with van der Waals surface area (Å²) >= 11 is 9.19. The molecule has 0 aliphatic rings. The van der Waals surface area contributed by atoms with E-state index in [2.05, 4.69) is 21.0 Å². The van der Waals surface area contributed by atoms with E-state index in [1.54, 1.807) is 18.5 Å². The van der Waals surface area contributed by atoms with Crippen LogP contribution in [0.5, 0.6) is 0 Å². The summed E-state index contributed by atoms with van der Waals surface area (Å²) in [5.74, 6) is 0. The number of non-ortho nitro benzene ring substituents is 1. The maximum Gasteiger partial charge on any atom is 0.271 e. The van der Waals surface area contributed by atoms with Gasteiger partial charge in [-0.05, 0) is 22.0 Å². The quantitative estimate of drug-likeness (QED) is 0.632. The van der Waals surface area contributed by atoms with Crippen molar-refractivity contribution in [2.24, 2.45) is 0 Å². The van der Waals surface area contributed by atoms with Gasteiger partial charge in [-0.3, -0.25) is 10.1 Å². The van der Waals surface area contributed by atoms with Crippen molar-refractivity contribution in [3.05, 3.63) is 50.2 Å². The fourth-order valence-electron chi connectivity index (χ4n) is 1.23. The van der Waals surface area contributed by atoms with Gasteiger partial charge in [0.2, 0.25) is 0 Å². The van der Waals surface area contributed by atoms with Crippen molar-refractivity contribution in [2.45, 2.75) is 0 Å². The second kappa shape index (κ2) is 4.23. The summed E-state index contributed by atoms with van der Waals surface area (Å²) < 4.78 is 2.35. The van der Waals surface area contributed by atoms with Gasteiger partial charge in [-0.15, -0.1) is 0 Å². The van der Waals surface area contributed by atoms with Crippen LogP contribution in [-0.4, -0.2) is 14.7 Å². The largest absolute Gasteiger partial charge is 0.271 e. The summed E-state index contributed by atoms with van der Waals surface area (Å²) in [6.07, 6.45) is 3.32. The first-order chi connectivity index (χ1) is 7.58. The van der Waals surface area contributed by atoms with Crippen LogP contribution in [0.1, 0.15) is 0 Å². The number of hydrogen-bond acceptors (Lipinski definition) is 3. The molecular formula is C9H5BrClN3O2. The van der Waals surface area contributed by atoms with Gasteiger partial charge in [0.15, 0.2) is 0 Å². The molecule has 2 aromatic rings. The average Bonchev–Trinajstić information content (AvgIpc) is 2.64. The van der Waals surface area contributed by atoms with Crippen molar-refractivity contribution < 1.29 is 4.92 Å². The molecule has 0 saturated carbocycles. The normalized spacial score (nSPS) is 10.4. The SMILES string of the molecule is O=[N+]([O-])c1ccc(-n2cc(Br)cn2)c(Cl)c1. The van der Waals surface area contributed by atoms with Crippen LogP contribution in [0, 0.1) is 10.1 Å². The Balaban J connectivity index is 2.47. The molecule has 82 valence electrons. The highest BCUT2D eigenvalue weighted by atomic mass is 79.9. The van der Waals surface area contributed by atoms with Gasteiger partial charge in [0.1, 0.15) is 0 Å². The number of hydrogen-bond donors (Lipinski definition) is 0. The number of aromatic nitrogens is 2. The van der Waals surface area contributed by atoms with E-state index < -0.39 is 4.92 Å². The van der Waals surface area contributed by atoms with E-state index in [4.69, 9.17) is 11.6 Å². The fourth-order valence-corrected chi connectivity index (χ4v) is 1.77. The van der Waals surface area contributed by atoms with Crippen LogP contribution < -0.4 is 0 Å². The van der Waals surface area contributed by atoms with Crippen LogP contribution in [0.25, 0.3) is 5.69 Å². The van der Waals surface area contributed by atoms with Gasteiger partial charge in [-0.1, -0.05) is 11.6 Å². The molecular weight excluding hydrogens is 297 g/mol. The lowest BCUT2D eigenvalue weighted by Gasteiger charge is -2.03. The molecule has 5 nitrogen and oxygen atoms in total. The summed E-state index contributed by atoms with van der Waals surface area (Å²) in [6.45, 7) is 0. The molecule has 1 heterocycles. The van der Waals surface area contributed by atoms with Crippen LogP contribution >= 0.6 is 27.5 Å². The van der Waals surface area contributed by atoms with E-state index in [-0.39, 0.29) is 10.7 Å². The zero-order chi connectivity index (χ0) is 11.7. The number of halogens is 2. The number of nitro groups is 1. The molecule has 2 rings (SSSR count). The Morgan fingerprint density at radius 2 is 2.25 bits per heavy atom. The predicted octanol–water partition coefficient (Wildman–Crippen LogP) is 3.20. The summed E-state index contributed by atoms with van der Waals surface area (Å²) in [7, 11) is 0. The smallest absolute Gasteiger partial charge is 0.258 e. The Labute approximate surface area is 104 Å². The van der Waals surface area contributed by atoms with Gasteiger partial charge in [0.05, 0.1) is 26.3 Å². The summed E-state index contributed by atoms with van der Waals surface area (Å²) in [5, 5.41) is 14.8. The van der Waals surface area contributed by atoms with Crippen molar-refractivity contribution in [1.29, 1.82) is 0 Å². The molecule has 0 N–H and O–H groups in total. The van der Waals surface area contributed by atoms with Gasteiger partial charge in [0.25, 0.3) is 5.69 Å². The van der Waals surface area contributed by atoms with E-state index in [1.165, 1.54) is 16.8 Å². The number of nitrogens with zero attached hydrogens (tertiary/aromatic N) is 3. The lowest BCUT2D eigenvalue weighted by molar-refractivity contribution is -0.384. The average molecular weight is 303 g/mol. The first-order valence-corrected chi connectivity index (χ1v) is 5.39. The van der Waals surface area contributed by atoms with Crippen molar-refractivity contribution in [3.8, 4) is 5.69 Å². The molecule has 0 spiro atoms. The van der Waals surface area contributed by atoms with Crippen LogP contribution in [0.3, 0.4) is 0 Å². The van der Waals surface area contributed by atoms with Crippen molar-refractivity contribution in [3.63, 3.8) is 0 Å². The van der Waals surface area contributed by atoms with Gasteiger partial charge in [-0.25, -0.2) is 4.68 Å². The highest BCUT2D eigenvalue weighted by Gasteiger charge is 2.11. The lowest BCUT2D eigenvalue weighted by Crippen LogP contribution is -1.96. The number of benzene rings is 1. The molecule has 0 amide bonds. The zero-order valence-electron chi connectivity index (χ0n) is 7.80. The monoisotopic (exact) mass is 301 g/mol. The molecule has 1 aromatic carbocycles. The Hall–Kier alpha value is -1.40. The molecule has 0 bridgehead atoms. The highest BCUT2D eigenvalue weighted by molar-refractivity contribution is 9.10. The van der Waals surface area contributed by atoms with E-state index in [0.717, 1.165) is 4.47 Å². The maximum absolute atomic E-state index is 10.5. The van der Waals surface area contributed by atoms with E-state index in [9.17, 15) is 10.1 Å². The van der Waals surface area contributed by atoms with E-state index in [1.807, 2.05) is 0 Å². The first kappa shape index (κ1) is 11.1. The van der Waals surface area contributed by atoms with Gasteiger partial charge in [0, 0.05) is 18.3 Å². The molecule has 0 aliphatic heterocycles. The zero-order valence-corrected chi connectivity index (χ0v) is 10.1. The van der Waals surface area contributed by atoms with E-state index in [0.29, 0.717) is 5.69 Å². The molecule has 1 aromatic heterocycles. The Morgan fingerprint density at radius 3 is 2.75 bits per heavy atom. The Kier molecular flexibility index (Phi) is 2.93. The third-order valence-electron chi connectivity index (χ3n) is 1.94. The third-order valence-corrected chi connectivity index (χ3v) is 2.65. The van der Waals surface area contributed by atoms with Crippen molar-refractivity contribution >= 4 is 33.2 Å². The minimum atomic E-state index is -0.491. The van der Waals surface area contributed by atoms with Gasteiger partial charge >= 0.3 is 0 Å². The molecule has 0 unspecified atom stereocenters. The molecule has 0 saturated heterocycles. The maximum atomic E-state index is 10.5. The Morgan fingerprint density at radius 1 is 1.50 bits per heavy atom. The minimum Gasteiger partial charge on any atom is -0.258 e. The number of nitro benzene ring substituents is 1. The summed E-state index contributed by atoms with van der Waals surface area (Å²) in [5.41, 5.74) is 0.554. The standard InChI is InChI=1S/C9H5BrClN3O2/c10-6-4-12-13(5-6)9-2-1-7(14(15)16)3-8(9)11/h1-5H. The molecule has 0 fully saturated rings. The van der Waals surface area contributed by atoms with Crippen molar-refractivity contribution in [2.75, 3.05) is 0 Å². The second-order valence-electron chi connectivity index (χ2n) is 3.00.